The third kappa shape index (κ3) is 3.60. The zero-order valence-electron chi connectivity index (χ0n) is 20.0. The molecule has 2 nitrogen and oxygen atoms in total. The van der Waals surface area contributed by atoms with Gasteiger partial charge in [-0.15, -0.1) is 0 Å². The Morgan fingerprint density at radius 3 is 2.45 bits per heavy atom. The number of hydrogen-bond acceptors (Lipinski definition) is 2. The zero-order valence-corrected chi connectivity index (χ0v) is 20.0. The highest BCUT2D eigenvalue weighted by Crippen LogP contribution is 2.67. The highest BCUT2D eigenvalue weighted by atomic mass is 16.5. The maximum absolute atomic E-state index is 10.0. The van der Waals surface area contributed by atoms with Gasteiger partial charge in [-0.3, -0.25) is 10.3 Å². The van der Waals surface area contributed by atoms with Gasteiger partial charge in [0, 0.05) is 12.7 Å². The first-order chi connectivity index (χ1) is 13.7. The largest absolute Gasteiger partial charge is 0.289 e. The Morgan fingerprint density at radius 2 is 1.72 bits per heavy atom. The summed E-state index contributed by atoms with van der Waals surface area (Å²) in [5, 5.41) is 11.5. The molecular formula is C27H47NO. The second kappa shape index (κ2) is 7.88. The topological polar surface area (TPSA) is 23.5 Å². The van der Waals surface area contributed by atoms with E-state index >= 15 is 0 Å². The van der Waals surface area contributed by atoms with Crippen LogP contribution in [-0.2, 0) is 0 Å². The molecule has 9 atom stereocenters. The standard InChI is InChI=1S/C27H47NO/c1-18(2)19(3)7-8-20(4)23-11-12-24-22-10-9-21-17-28(29)16-15-26(21,5)25(22)13-14-27(23,24)6/h15-16,18-25,29H,7-14,17H2,1-6H3/t19?,20-,21?,22+,23-,24+,25+,26+,27-/m1/s1. The van der Waals surface area contributed by atoms with Crippen LogP contribution in [0.5, 0.6) is 0 Å². The molecule has 4 rings (SSSR count). The van der Waals surface area contributed by atoms with Crippen molar-refractivity contribution >= 4 is 0 Å². The molecule has 4 aliphatic rings. The van der Waals surface area contributed by atoms with E-state index in [2.05, 4.69) is 47.6 Å². The lowest BCUT2D eigenvalue weighted by atomic mass is 9.46. The molecule has 2 unspecified atom stereocenters. The van der Waals surface area contributed by atoms with Crippen molar-refractivity contribution in [1.29, 1.82) is 0 Å². The number of fused-ring (bicyclic) bond motifs is 5. The Kier molecular flexibility index (Phi) is 5.90. The molecule has 0 saturated heterocycles. The van der Waals surface area contributed by atoms with Crippen LogP contribution < -0.4 is 0 Å². The molecule has 0 radical (unpaired) electrons. The van der Waals surface area contributed by atoms with Crippen LogP contribution in [0.25, 0.3) is 0 Å². The maximum Gasteiger partial charge on any atom is 0.0483 e. The fourth-order valence-corrected chi connectivity index (χ4v) is 8.59. The summed E-state index contributed by atoms with van der Waals surface area (Å²) in [7, 11) is 0. The highest BCUT2D eigenvalue weighted by molar-refractivity contribution is 5.15. The van der Waals surface area contributed by atoms with Crippen LogP contribution in [0.2, 0.25) is 0 Å². The lowest BCUT2D eigenvalue weighted by molar-refractivity contribution is -0.128. The van der Waals surface area contributed by atoms with Crippen molar-refractivity contribution in [3.8, 4) is 0 Å². The van der Waals surface area contributed by atoms with Gasteiger partial charge in [0.05, 0.1) is 0 Å². The van der Waals surface area contributed by atoms with Crippen molar-refractivity contribution in [2.24, 2.45) is 58.2 Å². The minimum absolute atomic E-state index is 0.305. The Bertz CT molecular complexity index is 614. The van der Waals surface area contributed by atoms with Crippen LogP contribution in [0.3, 0.4) is 0 Å². The Hall–Kier alpha value is -0.500. The first kappa shape index (κ1) is 21.7. The number of nitrogens with zero attached hydrogens (tertiary/aromatic N) is 1. The molecule has 0 spiro atoms. The van der Waals surface area contributed by atoms with Crippen molar-refractivity contribution in [2.45, 2.75) is 92.9 Å². The zero-order chi connectivity index (χ0) is 21.0. The van der Waals surface area contributed by atoms with E-state index < -0.39 is 0 Å². The quantitative estimate of drug-likeness (QED) is 0.519. The van der Waals surface area contributed by atoms with E-state index in [0.717, 1.165) is 48.0 Å². The van der Waals surface area contributed by atoms with Gasteiger partial charge in [0.15, 0.2) is 0 Å². The maximum atomic E-state index is 10.0. The lowest BCUT2D eigenvalue weighted by Crippen LogP contribution is -2.54. The van der Waals surface area contributed by atoms with Crippen molar-refractivity contribution in [1.82, 2.24) is 5.06 Å². The van der Waals surface area contributed by atoms with Gasteiger partial charge in [-0.05, 0) is 96.7 Å². The molecule has 0 aromatic carbocycles. The Labute approximate surface area is 180 Å². The molecule has 0 bridgehead atoms. The first-order valence-corrected chi connectivity index (χ1v) is 12.8. The third-order valence-electron chi connectivity index (χ3n) is 11.0. The van der Waals surface area contributed by atoms with Gasteiger partial charge in [-0.2, -0.15) is 0 Å². The molecule has 29 heavy (non-hydrogen) atoms. The van der Waals surface area contributed by atoms with Crippen LogP contribution in [0.4, 0.5) is 0 Å². The molecule has 0 aromatic rings. The van der Waals surface area contributed by atoms with Crippen molar-refractivity contribution in [2.75, 3.05) is 6.54 Å². The normalized spacial score (nSPS) is 46.2. The number of hydroxylamine groups is 2. The van der Waals surface area contributed by atoms with Gasteiger partial charge in [0.2, 0.25) is 0 Å². The molecule has 0 amide bonds. The fraction of sp³-hybridized carbons (Fsp3) is 0.926. The van der Waals surface area contributed by atoms with Gasteiger partial charge in [-0.25, -0.2) is 0 Å². The molecule has 0 aromatic heterocycles. The minimum Gasteiger partial charge on any atom is -0.289 e. The molecule has 3 aliphatic carbocycles. The highest BCUT2D eigenvalue weighted by Gasteiger charge is 2.59. The first-order valence-electron chi connectivity index (χ1n) is 12.8. The summed E-state index contributed by atoms with van der Waals surface area (Å²) < 4.78 is 0. The average molecular weight is 402 g/mol. The van der Waals surface area contributed by atoms with Crippen LogP contribution >= 0.6 is 0 Å². The predicted molar refractivity (Wildman–Crippen MR) is 121 cm³/mol. The van der Waals surface area contributed by atoms with Crippen LogP contribution in [0.1, 0.15) is 92.9 Å². The smallest absolute Gasteiger partial charge is 0.0483 e. The molecule has 3 fully saturated rings. The van der Waals surface area contributed by atoms with E-state index in [0.29, 0.717) is 16.7 Å². The predicted octanol–water partition coefficient (Wildman–Crippen LogP) is 7.39. The summed E-state index contributed by atoms with van der Waals surface area (Å²) in [6.45, 7) is 15.8. The summed E-state index contributed by atoms with van der Waals surface area (Å²) >= 11 is 0. The van der Waals surface area contributed by atoms with E-state index in [9.17, 15) is 5.21 Å². The summed E-state index contributed by atoms with van der Waals surface area (Å²) in [5.74, 6) is 6.82. The van der Waals surface area contributed by atoms with E-state index in [-0.39, 0.29) is 0 Å². The number of allylic oxidation sites excluding steroid dienone is 1. The van der Waals surface area contributed by atoms with Crippen LogP contribution in [0.15, 0.2) is 12.3 Å². The number of hydrogen-bond donors (Lipinski definition) is 1. The van der Waals surface area contributed by atoms with Gasteiger partial charge in [0.1, 0.15) is 0 Å². The Morgan fingerprint density at radius 1 is 0.966 bits per heavy atom. The van der Waals surface area contributed by atoms with Crippen molar-refractivity contribution in [3.63, 3.8) is 0 Å². The van der Waals surface area contributed by atoms with E-state index in [4.69, 9.17) is 0 Å². The minimum atomic E-state index is 0.305. The average Bonchev–Trinajstić information content (AvgIpc) is 3.03. The summed E-state index contributed by atoms with van der Waals surface area (Å²) in [5.41, 5.74) is 0.881. The molecule has 2 heteroatoms. The van der Waals surface area contributed by atoms with E-state index in [1.165, 1.54) is 56.4 Å². The van der Waals surface area contributed by atoms with Crippen molar-refractivity contribution in [3.05, 3.63) is 12.3 Å². The monoisotopic (exact) mass is 401 g/mol. The van der Waals surface area contributed by atoms with Gasteiger partial charge in [0.25, 0.3) is 0 Å². The van der Waals surface area contributed by atoms with Crippen LogP contribution in [0, 0.1) is 58.2 Å². The van der Waals surface area contributed by atoms with E-state index in [1.807, 2.05) is 6.20 Å². The molecule has 1 N–H and O–H groups in total. The van der Waals surface area contributed by atoms with Crippen molar-refractivity contribution < 1.29 is 5.21 Å². The van der Waals surface area contributed by atoms with Gasteiger partial charge < -0.3 is 0 Å². The van der Waals surface area contributed by atoms with Gasteiger partial charge in [-0.1, -0.05) is 60.5 Å². The summed E-state index contributed by atoms with van der Waals surface area (Å²) in [4.78, 5) is 0. The summed E-state index contributed by atoms with van der Waals surface area (Å²) in [6, 6.07) is 0. The van der Waals surface area contributed by atoms with Gasteiger partial charge >= 0.3 is 0 Å². The van der Waals surface area contributed by atoms with E-state index in [1.54, 1.807) is 0 Å². The lowest BCUT2D eigenvalue weighted by Gasteiger charge is -2.59. The third-order valence-corrected chi connectivity index (χ3v) is 11.0. The Balaban J connectivity index is 1.48. The molecule has 1 heterocycles. The second-order valence-corrected chi connectivity index (χ2v) is 12.5. The molecule has 3 saturated carbocycles. The second-order valence-electron chi connectivity index (χ2n) is 12.5. The SMILES string of the molecule is CC(C)C(C)CC[C@@H](C)[C@H]1CC[C@H]2[C@@H]3CCC4CN(O)C=C[C@]4(C)[C@H]3CC[C@]12C. The summed E-state index contributed by atoms with van der Waals surface area (Å²) in [6.07, 6.45) is 15.7. The molecular weight excluding hydrogens is 354 g/mol. The molecule has 166 valence electrons. The molecule has 1 aliphatic heterocycles. The fourth-order valence-electron chi connectivity index (χ4n) is 8.59. The number of rotatable bonds is 5. The van der Waals surface area contributed by atoms with Crippen LogP contribution in [-0.4, -0.2) is 16.8 Å².